The van der Waals surface area contributed by atoms with E-state index in [4.69, 9.17) is 16.3 Å². The van der Waals surface area contributed by atoms with Crippen LogP contribution in [-0.4, -0.2) is 78.2 Å². The van der Waals surface area contributed by atoms with Gasteiger partial charge in [-0.2, -0.15) is 0 Å². The molecule has 0 bridgehead atoms. The van der Waals surface area contributed by atoms with Crippen LogP contribution in [0.3, 0.4) is 0 Å². The lowest BCUT2D eigenvalue weighted by Crippen LogP contribution is -2.59. The molecule has 1 aromatic carbocycles. The summed E-state index contributed by atoms with van der Waals surface area (Å²) in [7, 11) is 0. The molecule has 31 heavy (non-hydrogen) atoms. The third kappa shape index (κ3) is 4.41. The average molecular weight is 449 g/mol. The molecule has 1 aliphatic carbocycles. The molecular weight excluding hydrogens is 416 g/mol. The lowest BCUT2D eigenvalue weighted by atomic mass is 9.67. The van der Waals surface area contributed by atoms with Crippen molar-refractivity contribution < 1.29 is 14.3 Å². The van der Waals surface area contributed by atoms with Gasteiger partial charge in [0.1, 0.15) is 17.9 Å². The minimum absolute atomic E-state index is 0.0345. The van der Waals surface area contributed by atoms with Crippen molar-refractivity contribution in [3.05, 3.63) is 29.3 Å². The quantitative estimate of drug-likeness (QED) is 0.677. The number of hydrogen-bond donors (Lipinski definition) is 1. The fraction of sp³-hybridized carbons (Fsp3) is 0.652. The smallest absolute Gasteiger partial charge is 0.326 e. The molecule has 1 saturated carbocycles. The van der Waals surface area contributed by atoms with Gasteiger partial charge in [-0.25, -0.2) is 9.69 Å². The molecule has 0 unspecified atom stereocenters. The number of hydrogen-bond acceptors (Lipinski definition) is 5. The highest BCUT2D eigenvalue weighted by Crippen LogP contribution is 2.42. The zero-order valence-corrected chi connectivity index (χ0v) is 19.2. The molecule has 1 spiro atoms. The van der Waals surface area contributed by atoms with E-state index in [1.54, 1.807) is 0 Å². The Bertz CT molecular complexity index is 802. The predicted octanol–water partition coefficient (Wildman–Crippen LogP) is 3.04. The van der Waals surface area contributed by atoms with Gasteiger partial charge in [0.15, 0.2) is 0 Å². The third-order valence-electron chi connectivity index (χ3n) is 7.29. The van der Waals surface area contributed by atoms with Gasteiger partial charge in [0, 0.05) is 32.7 Å². The lowest BCUT2D eigenvalue weighted by Gasteiger charge is -2.42. The first kappa shape index (κ1) is 22.4. The second-order valence-corrected chi connectivity index (χ2v) is 9.55. The van der Waals surface area contributed by atoms with Crippen LogP contribution in [0.4, 0.5) is 4.79 Å². The van der Waals surface area contributed by atoms with Crippen LogP contribution < -0.4 is 10.1 Å². The van der Waals surface area contributed by atoms with Crippen LogP contribution in [0.25, 0.3) is 0 Å². The molecule has 1 N–H and O–H groups in total. The molecule has 7 nitrogen and oxygen atoms in total. The summed E-state index contributed by atoms with van der Waals surface area (Å²) >= 11 is 6.13. The molecule has 3 amide bonds. The molecule has 3 aliphatic rings. The molecule has 170 valence electrons. The van der Waals surface area contributed by atoms with Crippen LogP contribution in [0.1, 0.15) is 33.1 Å². The number of nitrogens with one attached hydrogen (secondary N) is 1. The van der Waals surface area contributed by atoms with E-state index in [2.05, 4.69) is 29.0 Å². The number of imide groups is 1. The van der Waals surface area contributed by atoms with Crippen molar-refractivity contribution >= 4 is 23.5 Å². The van der Waals surface area contributed by atoms with E-state index in [1.165, 1.54) is 4.90 Å². The fourth-order valence-corrected chi connectivity index (χ4v) is 5.47. The SMILES string of the molecule is C[C@@H]1CCC[C@@H](C)C12NC(=O)N(CN1CCN(CCOc3ccccc3Cl)CC1)C2=O. The summed E-state index contributed by atoms with van der Waals surface area (Å²) in [6, 6.07) is 7.26. The molecule has 2 atom stereocenters. The molecule has 0 radical (unpaired) electrons. The van der Waals surface area contributed by atoms with Crippen LogP contribution >= 0.6 is 11.6 Å². The van der Waals surface area contributed by atoms with Gasteiger partial charge in [-0.1, -0.05) is 44.0 Å². The van der Waals surface area contributed by atoms with Gasteiger partial charge in [-0.15, -0.1) is 0 Å². The summed E-state index contributed by atoms with van der Waals surface area (Å²) in [5, 5.41) is 3.71. The van der Waals surface area contributed by atoms with Crippen molar-refractivity contribution in [2.45, 2.75) is 38.6 Å². The zero-order chi connectivity index (χ0) is 22.0. The van der Waals surface area contributed by atoms with Crippen LogP contribution in [0, 0.1) is 11.8 Å². The predicted molar refractivity (Wildman–Crippen MR) is 120 cm³/mol. The monoisotopic (exact) mass is 448 g/mol. The summed E-state index contributed by atoms with van der Waals surface area (Å²) in [4.78, 5) is 32.0. The molecule has 4 rings (SSSR count). The number of ether oxygens (including phenoxy) is 1. The molecule has 3 fully saturated rings. The summed E-state index contributed by atoms with van der Waals surface area (Å²) in [5.41, 5.74) is -0.715. The van der Waals surface area contributed by atoms with Crippen LogP contribution in [-0.2, 0) is 4.79 Å². The Balaban J connectivity index is 1.26. The summed E-state index contributed by atoms with van der Waals surface area (Å²) < 4.78 is 5.79. The van der Waals surface area contributed by atoms with Crippen molar-refractivity contribution in [2.75, 3.05) is 46.0 Å². The van der Waals surface area contributed by atoms with Crippen molar-refractivity contribution in [3.8, 4) is 5.75 Å². The normalized spacial score (nSPS) is 27.0. The minimum atomic E-state index is -0.715. The Morgan fingerprint density at radius 1 is 1.06 bits per heavy atom. The second kappa shape index (κ2) is 9.35. The van der Waals surface area contributed by atoms with E-state index in [9.17, 15) is 9.59 Å². The summed E-state index contributed by atoms with van der Waals surface area (Å²) in [5.74, 6) is 1.02. The highest BCUT2D eigenvalue weighted by atomic mass is 35.5. The molecule has 1 aromatic rings. The first-order chi connectivity index (χ1) is 14.9. The number of nitrogens with zero attached hydrogens (tertiary/aromatic N) is 3. The largest absolute Gasteiger partial charge is 0.491 e. The highest BCUT2D eigenvalue weighted by molar-refractivity contribution is 6.32. The Morgan fingerprint density at radius 3 is 2.39 bits per heavy atom. The van der Waals surface area contributed by atoms with Gasteiger partial charge in [-0.3, -0.25) is 14.6 Å². The average Bonchev–Trinajstić information content (AvgIpc) is 3.00. The van der Waals surface area contributed by atoms with E-state index < -0.39 is 5.54 Å². The molecule has 2 saturated heterocycles. The van der Waals surface area contributed by atoms with Gasteiger partial charge in [0.25, 0.3) is 5.91 Å². The summed E-state index contributed by atoms with van der Waals surface area (Å²) in [6.07, 6.45) is 3.09. The van der Waals surface area contributed by atoms with E-state index in [1.807, 2.05) is 24.3 Å². The lowest BCUT2D eigenvalue weighted by molar-refractivity contribution is -0.138. The number of urea groups is 1. The maximum atomic E-state index is 13.3. The third-order valence-corrected chi connectivity index (χ3v) is 7.61. The Morgan fingerprint density at radius 2 is 1.71 bits per heavy atom. The number of carbonyl (C=O) groups excluding carboxylic acids is 2. The topological polar surface area (TPSA) is 65.1 Å². The maximum Gasteiger partial charge on any atom is 0.326 e. The first-order valence-corrected chi connectivity index (χ1v) is 11.8. The van der Waals surface area contributed by atoms with Gasteiger partial charge in [0.05, 0.1) is 11.7 Å². The Labute approximate surface area is 189 Å². The first-order valence-electron chi connectivity index (χ1n) is 11.4. The number of rotatable bonds is 6. The second-order valence-electron chi connectivity index (χ2n) is 9.15. The number of carbonyl (C=O) groups is 2. The molecule has 0 aromatic heterocycles. The van der Waals surface area contributed by atoms with Crippen molar-refractivity contribution in [1.29, 1.82) is 0 Å². The van der Waals surface area contributed by atoms with Gasteiger partial charge in [0.2, 0.25) is 0 Å². The fourth-order valence-electron chi connectivity index (χ4n) is 5.28. The summed E-state index contributed by atoms with van der Waals surface area (Å²) in [6.45, 7) is 9.37. The van der Waals surface area contributed by atoms with Gasteiger partial charge < -0.3 is 10.1 Å². The number of amides is 3. The number of para-hydroxylation sites is 1. The molecule has 2 aliphatic heterocycles. The minimum Gasteiger partial charge on any atom is -0.491 e. The molecular formula is C23H33ClN4O3. The molecule has 8 heteroatoms. The number of halogens is 1. The van der Waals surface area contributed by atoms with Crippen LogP contribution in [0.15, 0.2) is 24.3 Å². The standard InChI is InChI=1S/C23H33ClN4O3/c1-17-6-5-7-18(2)23(17)21(29)28(22(30)25-23)16-27-12-10-26(11-13-27)14-15-31-20-9-4-3-8-19(20)24/h3-4,8-9,17-18H,5-7,10-16H2,1-2H3,(H,25,30)/t17-,18-/m1/s1. The van der Waals surface area contributed by atoms with Crippen LogP contribution in [0.2, 0.25) is 5.02 Å². The Kier molecular flexibility index (Phi) is 6.74. The van der Waals surface area contributed by atoms with E-state index in [0.717, 1.165) is 52.0 Å². The van der Waals surface area contributed by atoms with E-state index >= 15 is 0 Å². The number of benzene rings is 1. The van der Waals surface area contributed by atoms with Crippen molar-refractivity contribution in [2.24, 2.45) is 11.8 Å². The van der Waals surface area contributed by atoms with Crippen molar-refractivity contribution in [3.63, 3.8) is 0 Å². The highest BCUT2D eigenvalue weighted by Gasteiger charge is 2.58. The van der Waals surface area contributed by atoms with Crippen molar-refractivity contribution in [1.82, 2.24) is 20.0 Å². The van der Waals surface area contributed by atoms with Gasteiger partial charge in [-0.05, 0) is 36.8 Å². The molecule has 2 heterocycles. The van der Waals surface area contributed by atoms with Gasteiger partial charge >= 0.3 is 6.03 Å². The zero-order valence-electron chi connectivity index (χ0n) is 18.5. The maximum absolute atomic E-state index is 13.3. The van der Waals surface area contributed by atoms with E-state index in [-0.39, 0.29) is 23.8 Å². The van der Waals surface area contributed by atoms with E-state index in [0.29, 0.717) is 24.0 Å². The Hall–Kier alpha value is -1.83. The van der Waals surface area contributed by atoms with Crippen LogP contribution in [0.5, 0.6) is 5.75 Å². The number of piperazine rings is 1.